The van der Waals surface area contributed by atoms with E-state index >= 15 is 0 Å². The summed E-state index contributed by atoms with van der Waals surface area (Å²) < 4.78 is 11.3. The van der Waals surface area contributed by atoms with Gasteiger partial charge < -0.3 is 4.74 Å². The van der Waals surface area contributed by atoms with Gasteiger partial charge in [-0.15, -0.1) is 0 Å². The van der Waals surface area contributed by atoms with E-state index in [1.807, 2.05) is 12.3 Å². The van der Waals surface area contributed by atoms with Crippen LogP contribution in [0.2, 0.25) is 0 Å². The average molecular weight is 637 g/mol. The largest absolute Gasteiger partial charge is 0.457 e. The molecule has 1 aliphatic rings. The minimum atomic E-state index is 0.337. The second-order valence-corrected chi connectivity index (χ2v) is 14.2. The standard InChI is InChI=1S/C43H48N4O/c1-8-9-16-39-43(42-29(5)13-12-14-30(42)6)31(7)45-47(39)33-23-32(27(2)3)24-35(25-33)48-34-18-19-37-36-15-10-11-17-38(36)46(40(37)26-34)41-22-28(4)20-21-44-41/h10-11,13,15,17-27,30,42H,8-9,12,14,16H2,1-7H3/t30-,42?/m0/s1. The SMILES string of the molecule is CCCCc1c(C2C(C)=CCC[C@@H]2C)c(C)nn1-c1cc(Oc2ccc3c4ccccc4n(-c4cc(C)ccn4)c3c2)cc(C(C)C)c1. The highest BCUT2D eigenvalue weighted by Gasteiger charge is 2.31. The molecule has 2 atom stereocenters. The van der Waals surface area contributed by atoms with Crippen LogP contribution in [0.5, 0.6) is 11.5 Å². The third-order valence-electron chi connectivity index (χ3n) is 10.3. The summed E-state index contributed by atoms with van der Waals surface area (Å²) in [5, 5.41) is 7.65. The van der Waals surface area contributed by atoms with Gasteiger partial charge in [0.1, 0.15) is 17.3 Å². The van der Waals surface area contributed by atoms with Gasteiger partial charge in [-0.1, -0.05) is 64.0 Å². The number of para-hydroxylation sites is 1. The summed E-state index contributed by atoms with van der Waals surface area (Å²) in [6, 6.07) is 25.8. The zero-order chi connectivity index (χ0) is 33.5. The van der Waals surface area contributed by atoms with E-state index in [0.29, 0.717) is 17.8 Å². The lowest BCUT2D eigenvalue weighted by Crippen LogP contribution is -2.17. The quantitative estimate of drug-likeness (QED) is 0.148. The number of hydrogen-bond acceptors (Lipinski definition) is 3. The van der Waals surface area contributed by atoms with Crippen molar-refractivity contribution in [3.05, 3.63) is 119 Å². The van der Waals surface area contributed by atoms with E-state index in [2.05, 4.69) is 131 Å². The summed E-state index contributed by atoms with van der Waals surface area (Å²) in [5.41, 5.74) is 11.1. The molecule has 0 N–H and O–H groups in total. The third-order valence-corrected chi connectivity index (χ3v) is 10.3. The predicted molar refractivity (Wildman–Crippen MR) is 199 cm³/mol. The van der Waals surface area contributed by atoms with Gasteiger partial charge in [0.15, 0.2) is 0 Å². The molecular weight excluding hydrogens is 589 g/mol. The molecule has 1 aliphatic carbocycles. The molecule has 3 aromatic carbocycles. The zero-order valence-corrected chi connectivity index (χ0v) is 29.5. The highest BCUT2D eigenvalue weighted by Crippen LogP contribution is 2.43. The van der Waals surface area contributed by atoms with Crippen LogP contribution in [0.15, 0.2) is 90.6 Å². The lowest BCUT2D eigenvalue weighted by Gasteiger charge is -2.30. The van der Waals surface area contributed by atoms with Crippen LogP contribution < -0.4 is 4.74 Å². The van der Waals surface area contributed by atoms with E-state index in [0.717, 1.165) is 59.0 Å². The molecule has 48 heavy (non-hydrogen) atoms. The normalized spacial score (nSPS) is 16.6. The first-order valence-electron chi connectivity index (χ1n) is 17.8. The Kier molecular flexibility index (Phi) is 8.72. The number of benzene rings is 3. The molecule has 0 saturated carbocycles. The van der Waals surface area contributed by atoms with Crippen molar-refractivity contribution < 1.29 is 4.74 Å². The summed E-state index contributed by atoms with van der Waals surface area (Å²) in [6.45, 7) is 15.8. The zero-order valence-electron chi connectivity index (χ0n) is 29.5. The van der Waals surface area contributed by atoms with Crippen molar-refractivity contribution in [3.8, 4) is 23.0 Å². The van der Waals surface area contributed by atoms with E-state index in [1.165, 1.54) is 51.6 Å². The maximum absolute atomic E-state index is 6.77. The fraction of sp³-hybridized carbons (Fsp3) is 0.349. The summed E-state index contributed by atoms with van der Waals surface area (Å²) in [6.07, 6.45) is 10.0. The Morgan fingerprint density at radius 2 is 1.71 bits per heavy atom. The van der Waals surface area contributed by atoms with Crippen molar-refractivity contribution in [1.29, 1.82) is 0 Å². The Labute approximate surface area is 285 Å². The van der Waals surface area contributed by atoms with Crippen LogP contribution in [0.4, 0.5) is 0 Å². The topological polar surface area (TPSA) is 44.9 Å². The fourth-order valence-corrected chi connectivity index (χ4v) is 7.78. The van der Waals surface area contributed by atoms with E-state index in [4.69, 9.17) is 14.8 Å². The van der Waals surface area contributed by atoms with Gasteiger partial charge in [-0.3, -0.25) is 4.57 Å². The molecule has 7 rings (SSSR count). The van der Waals surface area contributed by atoms with Crippen molar-refractivity contribution in [2.75, 3.05) is 0 Å². The van der Waals surface area contributed by atoms with Crippen LogP contribution in [0.3, 0.4) is 0 Å². The number of aryl methyl sites for hydroxylation is 2. The molecule has 5 heteroatoms. The molecule has 0 bridgehead atoms. The minimum absolute atomic E-state index is 0.337. The van der Waals surface area contributed by atoms with Gasteiger partial charge >= 0.3 is 0 Å². The van der Waals surface area contributed by atoms with E-state index < -0.39 is 0 Å². The van der Waals surface area contributed by atoms with Crippen molar-refractivity contribution in [2.24, 2.45) is 5.92 Å². The van der Waals surface area contributed by atoms with Crippen LogP contribution in [-0.4, -0.2) is 19.3 Å². The molecule has 1 unspecified atom stereocenters. The summed E-state index contributed by atoms with van der Waals surface area (Å²) in [7, 11) is 0. The van der Waals surface area contributed by atoms with Crippen molar-refractivity contribution in [2.45, 2.75) is 92.4 Å². The second kappa shape index (κ2) is 13.1. The average Bonchev–Trinajstić information content (AvgIpc) is 3.57. The van der Waals surface area contributed by atoms with E-state index in [-0.39, 0.29) is 0 Å². The van der Waals surface area contributed by atoms with Crippen LogP contribution in [-0.2, 0) is 6.42 Å². The van der Waals surface area contributed by atoms with Gasteiger partial charge in [-0.05, 0) is 112 Å². The summed E-state index contributed by atoms with van der Waals surface area (Å²) in [5.74, 6) is 3.89. The maximum Gasteiger partial charge on any atom is 0.137 e. The molecular formula is C43H48N4O. The summed E-state index contributed by atoms with van der Waals surface area (Å²) in [4.78, 5) is 4.76. The van der Waals surface area contributed by atoms with E-state index in [9.17, 15) is 0 Å². The molecule has 0 aliphatic heterocycles. The monoisotopic (exact) mass is 636 g/mol. The molecule has 0 saturated heterocycles. The predicted octanol–water partition coefficient (Wildman–Crippen LogP) is 11.7. The Morgan fingerprint density at radius 1 is 0.896 bits per heavy atom. The van der Waals surface area contributed by atoms with Crippen molar-refractivity contribution in [1.82, 2.24) is 19.3 Å². The molecule has 6 aromatic rings. The first-order chi connectivity index (χ1) is 23.2. The number of nitrogens with zero attached hydrogens (tertiary/aromatic N) is 4. The molecule has 5 nitrogen and oxygen atoms in total. The lowest BCUT2D eigenvalue weighted by molar-refractivity contribution is 0.446. The smallest absolute Gasteiger partial charge is 0.137 e. The molecule has 0 radical (unpaired) electrons. The van der Waals surface area contributed by atoms with Gasteiger partial charge in [0.2, 0.25) is 0 Å². The van der Waals surface area contributed by atoms with Crippen LogP contribution in [0.1, 0.15) is 100 Å². The Balaban J connectivity index is 1.34. The van der Waals surface area contributed by atoms with Crippen LogP contribution in [0, 0.1) is 19.8 Å². The summed E-state index contributed by atoms with van der Waals surface area (Å²) >= 11 is 0. The van der Waals surface area contributed by atoms with Crippen molar-refractivity contribution >= 4 is 21.8 Å². The first-order valence-corrected chi connectivity index (χ1v) is 17.8. The number of fused-ring (bicyclic) bond motifs is 3. The first kappa shape index (κ1) is 31.9. The van der Waals surface area contributed by atoms with Crippen LogP contribution >= 0.6 is 0 Å². The van der Waals surface area contributed by atoms with Crippen molar-refractivity contribution in [3.63, 3.8) is 0 Å². The molecule has 246 valence electrons. The molecule has 0 spiro atoms. The second-order valence-electron chi connectivity index (χ2n) is 14.2. The number of unbranched alkanes of at least 4 members (excludes halogenated alkanes) is 1. The number of pyridine rings is 1. The maximum atomic E-state index is 6.77. The fourth-order valence-electron chi connectivity index (χ4n) is 7.78. The van der Waals surface area contributed by atoms with Gasteiger partial charge in [0.25, 0.3) is 0 Å². The molecule has 3 heterocycles. The number of allylic oxidation sites excluding steroid dienone is 2. The van der Waals surface area contributed by atoms with Gasteiger partial charge in [-0.25, -0.2) is 9.67 Å². The lowest BCUT2D eigenvalue weighted by atomic mass is 9.75. The number of aromatic nitrogens is 4. The molecule has 3 aromatic heterocycles. The van der Waals surface area contributed by atoms with Gasteiger partial charge in [0, 0.05) is 46.3 Å². The Bertz CT molecular complexity index is 2150. The van der Waals surface area contributed by atoms with E-state index in [1.54, 1.807) is 0 Å². The number of ether oxygens (including phenoxy) is 1. The molecule has 0 fully saturated rings. The Hall–Kier alpha value is -4.64. The highest BCUT2D eigenvalue weighted by molar-refractivity contribution is 6.09. The highest BCUT2D eigenvalue weighted by atomic mass is 16.5. The van der Waals surface area contributed by atoms with Gasteiger partial charge in [-0.2, -0.15) is 5.10 Å². The Morgan fingerprint density at radius 3 is 2.48 bits per heavy atom. The van der Waals surface area contributed by atoms with Crippen LogP contribution in [0.25, 0.3) is 33.3 Å². The van der Waals surface area contributed by atoms with Gasteiger partial charge in [0.05, 0.1) is 22.4 Å². The number of rotatable bonds is 9. The number of hydrogen-bond donors (Lipinski definition) is 0. The third kappa shape index (κ3) is 5.85. The molecule has 0 amide bonds. The minimum Gasteiger partial charge on any atom is -0.457 e.